The molecule has 0 aliphatic rings. The highest BCUT2D eigenvalue weighted by Crippen LogP contribution is 2.13. The van der Waals surface area contributed by atoms with Gasteiger partial charge in [-0.2, -0.15) is 11.3 Å². The van der Waals surface area contributed by atoms with Gasteiger partial charge in [0, 0.05) is 19.7 Å². The standard InChI is InChI=1S/C17H18N2O3S/c1-19(10-14-8-9-23-12-14)17(21)7-4-13-2-5-15(6-3-13)22-11-16(18)20/h2-9,12H,10-11H2,1H3,(H2,18,20)/b7-4-. The molecule has 0 fully saturated rings. The smallest absolute Gasteiger partial charge is 0.255 e. The number of thiophene rings is 1. The van der Waals surface area contributed by atoms with Crippen molar-refractivity contribution in [3.63, 3.8) is 0 Å². The maximum absolute atomic E-state index is 12.1. The molecular weight excluding hydrogens is 312 g/mol. The summed E-state index contributed by atoms with van der Waals surface area (Å²) < 4.78 is 5.17. The average molecular weight is 330 g/mol. The topological polar surface area (TPSA) is 72.6 Å². The molecule has 0 aliphatic carbocycles. The zero-order chi connectivity index (χ0) is 16.7. The highest BCUT2D eigenvalue weighted by molar-refractivity contribution is 7.07. The Morgan fingerprint density at radius 3 is 2.61 bits per heavy atom. The van der Waals surface area contributed by atoms with Gasteiger partial charge >= 0.3 is 0 Å². The van der Waals surface area contributed by atoms with E-state index < -0.39 is 5.91 Å². The van der Waals surface area contributed by atoms with E-state index in [-0.39, 0.29) is 12.5 Å². The first kappa shape index (κ1) is 16.8. The normalized spacial score (nSPS) is 10.7. The zero-order valence-corrected chi connectivity index (χ0v) is 13.6. The van der Waals surface area contributed by atoms with Crippen LogP contribution < -0.4 is 10.5 Å². The van der Waals surface area contributed by atoms with Crippen molar-refractivity contribution < 1.29 is 14.3 Å². The van der Waals surface area contributed by atoms with Crippen LogP contribution in [0.15, 0.2) is 47.2 Å². The van der Waals surface area contributed by atoms with E-state index in [0.29, 0.717) is 12.3 Å². The number of hydrogen-bond donors (Lipinski definition) is 1. The van der Waals surface area contributed by atoms with E-state index in [1.807, 2.05) is 16.8 Å². The summed E-state index contributed by atoms with van der Waals surface area (Å²) in [6, 6.07) is 9.06. The van der Waals surface area contributed by atoms with Crippen molar-refractivity contribution >= 4 is 29.2 Å². The van der Waals surface area contributed by atoms with E-state index in [4.69, 9.17) is 10.5 Å². The fraction of sp³-hybridized carbons (Fsp3) is 0.176. The second kappa shape index (κ2) is 8.14. The summed E-state index contributed by atoms with van der Waals surface area (Å²) in [4.78, 5) is 24.3. The van der Waals surface area contributed by atoms with Gasteiger partial charge in [0.1, 0.15) is 5.75 Å². The molecule has 120 valence electrons. The Hall–Kier alpha value is -2.60. The molecule has 1 aromatic heterocycles. The molecule has 2 amide bonds. The van der Waals surface area contributed by atoms with Crippen LogP contribution in [0.4, 0.5) is 0 Å². The van der Waals surface area contributed by atoms with E-state index in [0.717, 1.165) is 11.1 Å². The average Bonchev–Trinajstić information content (AvgIpc) is 3.04. The number of hydrogen-bond acceptors (Lipinski definition) is 4. The van der Waals surface area contributed by atoms with E-state index >= 15 is 0 Å². The summed E-state index contributed by atoms with van der Waals surface area (Å²) >= 11 is 1.61. The zero-order valence-electron chi connectivity index (χ0n) is 12.8. The van der Waals surface area contributed by atoms with Gasteiger partial charge in [-0.15, -0.1) is 0 Å². The Morgan fingerprint density at radius 1 is 1.26 bits per heavy atom. The van der Waals surface area contributed by atoms with Gasteiger partial charge in [0.25, 0.3) is 5.91 Å². The fourth-order valence-electron chi connectivity index (χ4n) is 1.86. The second-order valence-electron chi connectivity index (χ2n) is 4.98. The van der Waals surface area contributed by atoms with E-state index in [2.05, 4.69) is 0 Å². The lowest BCUT2D eigenvalue weighted by Gasteiger charge is -2.13. The Kier molecular flexibility index (Phi) is 5.94. The molecular formula is C17H18N2O3S. The fourth-order valence-corrected chi connectivity index (χ4v) is 2.52. The second-order valence-corrected chi connectivity index (χ2v) is 5.76. The van der Waals surface area contributed by atoms with E-state index in [1.165, 1.54) is 6.08 Å². The molecule has 1 heterocycles. The molecule has 6 heteroatoms. The molecule has 0 saturated heterocycles. The van der Waals surface area contributed by atoms with Gasteiger partial charge in [0.15, 0.2) is 6.61 Å². The highest BCUT2D eigenvalue weighted by atomic mass is 32.1. The summed E-state index contributed by atoms with van der Waals surface area (Å²) in [5.41, 5.74) is 7.00. The molecule has 2 N–H and O–H groups in total. The summed E-state index contributed by atoms with van der Waals surface area (Å²) in [6.07, 6.45) is 3.27. The number of primary amides is 1. The first-order chi connectivity index (χ1) is 11.0. The van der Waals surface area contributed by atoms with E-state index in [9.17, 15) is 9.59 Å². The summed E-state index contributed by atoms with van der Waals surface area (Å²) in [5.74, 6) is -0.0275. The SMILES string of the molecule is CN(Cc1ccsc1)C(=O)/C=C\c1ccc(OCC(N)=O)cc1. The molecule has 0 spiro atoms. The van der Waals surface area contributed by atoms with Crippen LogP contribution in [0.2, 0.25) is 0 Å². The van der Waals surface area contributed by atoms with Crippen molar-refractivity contribution in [1.29, 1.82) is 0 Å². The van der Waals surface area contributed by atoms with Gasteiger partial charge in [-0.1, -0.05) is 12.1 Å². The van der Waals surface area contributed by atoms with Gasteiger partial charge in [-0.3, -0.25) is 9.59 Å². The predicted molar refractivity (Wildman–Crippen MR) is 91.0 cm³/mol. The van der Waals surface area contributed by atoms with Crippen molar-refractivity contribution in [1.82, 2.24) is 4.90 Å². The van der Waals surface area contributed by atoms with Crippen molar-refractivity contribution in [3.8, 4) is 5.75 Å². The molecule has 0 saturated carbocycles. The molecule has 0 radical (unpaired) electrons. The third kappa shape index (κ3) is 5.60. The van der Waals surface area contributed by atoms with Gasteiger partial charge in [0.2, 0.25) is 5.91 Å². The predicted octanol–water partition coefficient (Wildman–Crippen LogP) is 2.28. The number of nitrogens with zero attached hydrogens (tertiary/aromatic N) is 1. The molecule has 0 unspecified atom stereocenters. The minimum atomic E-state index is -0.520. The van der Waals surface area contributed by atoms with Crippen LogP contribution >= 0.6 is 11.3 Å². The van der Waals surface area contributed by atoms with Crippen LogP contribution in [-0.2, 0) is 16.1 Å². The molecule has 0 bridgehead atoms. The first-order valence-corrected chi connectivity index (χ1v) is 7.94. The largest absolute Gasteiger partial charge is 0.484 e. The molecule has 0 atom stereocenters. The van der Waals surface area contributed by atoms with Crippen molar-refractivity contribution in [2.24, 2.45) is 5.73 Å². The molecule has 1 aromatic carbocycles. The highest BCUT2D eigenvalue weighted by Gasteiger charge is 2.06. The number of benzene rings is 1. The van der Waals surface area contributed by atoms with Crippen LogP contribution in [0.3, 0.4) is 0 Å². The monoisotopic (exact) mass is 330 g/mol. The number of carbonyl (C=O) groups is 2. The minimum absolute atomic E-state index is 0.0646. The van der Waals surface area contributed by atoms with Crippen LogP contribution in [0.1, 0.15) is 11.1 Å². The van der Waals surface area contributed by atoms with Crippen molar-refractivity contribution in [2.75, 3.05) is 13.7 Å². The Balaban J connectivity index is 1.88. The number of rotatable bonds is 7. The van der Waals surface area contributed by atoms with Crippen LogP contribution in [0, 0.1) is 0 Å². The third-order valence-corrected chi connectivity index (χ3v) is 3.79. The lowest BCUT2D eigenvalue weighted by molar-refractivity contribution is -0.125. The Morgan fingerprint density at radius 2 is 2.00 bits per heavy atom. The quantitative estimate of drug-likeness (QED) is 0.792. The Labute approximate surface area is 139 Å². The molecule has 0 aliphatic heterocycles. The number of likely N-dealkylation sites (N-methyl/N-ethyl adjacent to an activating group) is 1. The van der Waals surface area contributed by atoms with Gasteiger partial charge in [-0.25, -0.2) is 0 Å². The van der Waals surface area contributed by atoms with Crippen LogP contribution in [-0.4, -0.2) is 30.4 Å². The lowest BCUT2D eigenvalue weighted by atomic mass is 10.2. The van der Waals surface area contributed by atoms with Gasteiger partial charge < -0.3 is 15.4 Å². The van der Waals surface area contributed by atoms with Gasteiger partial charge in [0.05, 0.1) is 0 Å². The van der Waals surface area contributed by atoms with Crippen molar-refractivity contribution in [3.05, 3.63) is 58.3 Å². The molecule has 2 aromatic rings. The summed E-state index contributed by atoms with van der Waals surface area (Å²) in [7, 11) is 1.77. The minimum Gasteiger partial charge on any atom is -0.484 e. The number of nitrogens with two attached hydrogens (primary N) is 1. The number of amides is 2. The number of ether oxygens (including phenoxy) is 1. The first-order valence-electron chi connectivity index (χ1n) is 7.00. The molecule has 5 nitrogen and oxygen atoms in total. The molecule has 23 heavy (non-hydrogen) atoms. The van der Waals surface area contributed by atoms with E-state index in [1.54, 1.807) is 53.6 Å². The maximum Gasteiger partial charge on any atom is 0.255 e. The third-order valence-electron chi connectivity index (χ3n) is 3.06. The Bertz CT molecular complexity index is 678. The van der Waals surface area contributed by atoms with Crippen LogP contribution in [0.5, 0.6) is 5.75 Å². The maximum atomic E-state index is 12.1. The van der Waals surface area contributed by atoms with Crippen molar-refractivity contribution in [2.45, 2.75) is 6.54 Å². The molecule has 2 rings (SSSR count). The van der Waals surface area contributed by atoms with Gasteiger partial charge in [-0.05, 0) is 46.2 Å². The van der Waals surface area contributed by atoms with Crippen LogP contribution in [0.25, 0.3) is 6.08 Å². The summed E-state index contributed by atoms with van der Waals surface area (Å²) in [6.45, 7) is 0.438. The lowest BCUT2D eigenvalue weighted by Crippen LogP contribution is -2.23. The number of carbonyl (C=O) groups excluding carboxylic acids is 2. The summed E-state index contributed by atoms with van der Waals surface area (Å²) in [5, 5.41) is 4.02.